The molecule has 4 nitrogen and oxygen atoms in total. The minimum absolute atomic E-state index is 0.378. The van der Waals surface area contributed by atoms with E-state index in [-0.39, 0.29) is 0 Å². The van der Waals surface area contributed by atoms with Gasteiger partial charge < -0.3 is 4.74 Å². The van der Waals surface area contributed by atoms with Crippen LogP contribution >= 0.6 is 0 Å². The molecule has 0 aromatic heterocycles. The molecule has 3 aromatic carbocycles. The average molecular weight is 356 g/mol. The lowest BCUT2D eigenvalue weighted by Crippen LogP contribution is -2.38. The highest BCUT2D eigenvalue weighted by Crippen LogP contribution is 2.22. The number of hydrogen-bond donors (Lipinski definition) is 0. The van der Waals surface area contributed by atoms with Crippen LogP contribution in [-0.2, 0) is 6.42 Å². The number of amides is 1. The summed E-state index contributed by atoms with van der Waals surface area (Å²) in [4.78, 5) is 14.3. The monoisotopic (exact) mass is 356 g/mol. The van der Waals surface area contributed by atoms with E-state index in [1.165, 1.54) is 4.90 Å². The molecule has 0 N–H and O–H groups in total. The molecule has 0 radical (unpaired) electrons. The van der Waals surface area contributed by atoms with Crippen molar-refractivity contribution in [2.45, 2.75) is 12.5 Å². The van der Waals surface area contributed by atoms with Gasteiger partial charge in [0, 0.05) is 6.54 Å². The normalized spacial score (nSPS) is 11.2. The van der Waals surface area contributed by atoms with Crippen molar-refractivity contribution in [3.8, 4) is 11.8 Å². The lowest BCUT2D eigenvalue weighted by atomic mass is 10.1. The van der Waals surface area contributed by atoms with Crippen LogP contribution < -0.4 is 4.74 Å². The lowest BCUT2D eigenvalue weighted by Gasteiger charge is -2.27. The number of carbonyl (C=O) groups excluding carboxylic acids is 1. The number of rotatable bonds is 6. The Kier molecular flexibility index (Phi) is 6.21. The van der Waals surface area contributed by atoms with Crippen LogP contribution in [0.3, 0.4) is 0 Å². The van der Waals surface area contributed by atoms with Gasteiger partial charge in [0.1, 0.15) is 11.8 Å². The second kappa shape index (κ2) is 9.21. The summed E-state index contributed by atoms with van der Waals surface area (Å²) in [5.41, 5.74) is 1.86. The maximum atomic E-state index is 12.9. The molecule has 0 fully saturated rings. The van der Waals surface area contributed by atoms with Crippen molar-refractivity contribution in [2.75, 3.05) is 6.54 Å². The molecule has 0 spiro atoms. The highest BCUT2D eigenvalue weighted by atomic mass is 16.6. The van der Waals surface area contributed by atoms with Crippen molar-refractivity contribution >= 4 is 6.09 Å². The summed E-state index contributed by atoms with van der Waals surface area (Å²) < 4.78 is 5.51. The third kappa shape index (κ3) is 4.96. The quantitative estimate of drug-likeness (QED) is 0.625. The summed E-state index contributed by atoms with van der Waals surface area (Å²) in [5.74, 6) is 0.456. The topological polar surface area (TPSA) is 53.3 Å². The number of para-hydroxylation sites is 1. The Balaban J connectivity index is 1.83. The van der Waals surface area contributed by atoms with Gasteiger partial charge in [-0.2, -0.15) is 5.26 Å². The van der Waals surface area contributed by atoms with Crippen molar-refractivity contribution in [2.24, 2.45) is 0 Å². The molecule has 0 aliphatic heterocycles. The number of benzene rings is 3. The van der Waals surface area contributed by atoms with Crippen molar-refractivity contribution in [1.82, 2.24) is 4.90 Å². The Morgan fingerprint density at radius 1 is 0.889 bits per heavy atom. The number of nitrogens with zero attached hydrogens (tertiary/aromatic N) is 2. The second-order valence-electron chi connectivity index (χ2n) is 6.05. The van der Waals surface area contributed by atoms with Gasteiger partial charge in [0.05, 0.1) is 6.07 Å². The second-order valence-corrected chi connectivity index (χ2v) is 6.05. The van der Waals surface area contributed by atoms with Crippen molar-refractivity contribution in [3.63, 3.8) is 0 Å². The molecule has 0 saturated carbocycles. The summed E-state index contributed by atoms with van der Waals surface area (Å²) >= 11 is 0. The molecule has 3 aromatic rings. The maximum Gasteiger partial charge on any atom is 0.416 e. The van der Waals surface area contributed by atoms with Gasteiger partial charge in [0.2, 0.25) is 0 Å². The molecule has 4 heteroatoms. The van der Waals surface area contributed by atoms with E-state index in [1.54, 1.807) is 24.3 Å². The van der Waals surface area contributed by atoms with Crippen LogP contribution in [0.5, 0.6) is 5.75 Å². The summed E-state index contributed by atoms with van der Waals surface area (Å²) in [6, 6.07) is 29.6. The van der Waals surface area contributed by atoms with Gasteiger partial charge in [-0.1, -0.05) is 78.9 Å². The van der Waals surface area contributed by atoms with Gasteiger partial charge in [-0.05, 0) is 29.7 Å². The predicted octanol–water partition coefficient (Wildman–Crippen LogP) is 4.99. The van der Waals surface area contributed by atoms with Crippen LogP contribution in [0, 0.1) is 11.3 Å². The van der Waals surface area contributed by atoms with Gasteiger partial charge in [-0.15, -0.1) is 0 Å². The smallest absolute Gasteiger partial charge is 0.410 e. The minimum atomic E-state index is -0.717. The summed E-state index contributed by atoms with van der Waals surface area (Å²) in [6.45, 7) is 0.378. The van der Waals surface area contributed by atoms with Crippen LogP contribution in [0.1, 0.15) is 17.2 Å². The first kappa shape index (κ1) is 18.2. The molecule has 3 rings (SSSR count). The Bertz CT molecular complexity index is 890. The van der Waals surface area contributed by atoms with Gasteiger partial charge in [0.15, 0.2) is 0 Å². The highest BCUT2D eigenvalue weighted by Gasteiger charge is 2.26. The third-order valence-corrected chi connectivity index (χ3v) is 4.22. The predicted molar refractivity (Wildman–Crippen MR) is 104 cm³/mol. The molecule has 0 aliphatic rings. The largest absolute Gasteiger partial charge is 0.416 e. The standard InChI is InChI=1S/C23H20N2O2/c24-18-22(20-12-6-2-7-13-20)25(17-16-19-10-4-1-5-11-19)23(26)27-21-14-8-3-9-15-21/h1-15,22H,16-17H2. The molecule has 1 atom stereocenters. The van der Waals surface area contributed by atoms with Crippen molar-refractivity contribution in [3.05, 3.63) is 102 Å². The Hall–Kier alpha value is -3.58. The summed E-state index contributed by atoms with van der Waals surface area (Å²) in [5, 5.41) is 9.76. The molecular weight excluding hydrogens is 336 g/mol. The first-order valence-corrected chi connectivity index (χ1v) is 8.80. The summed E-state index contributed by atoms with van der Waals surface area (Å²) in [6.07, 6.45) is 0.1000. The average Bonchev–Trinajstić information content (AvgIpc) is 2.73. The number of hydrogen-bond acceptors (Lipinski definition) is 3. The van der Waals surface area contributed by atoms with Crippen molar-refractivity contribution in [1.29, 1.82) is 5.26 Å². The molecular formula is C23H20N2O2. The Morgan fingerprint density at radius 2 is 1.44 bits per heavy atom. The zero-order valence-electron chi connectivity index (χ0n) is 14.9. The maximum absolute atomic E-state index is 12.9. The van der Waals surface area contributed by atoms with Crippen molar-refractivity contribution < 1.29 is 9.53 Å². The molecule has 0 heterocycles. The zero-order chi connectivity index (χ0) is 18.9. The van der Waals surface area contributed by atoms with E-state index in [1.807, 2.05) is 66.7 Å². The van der Waals surface area contributed by atoms with Gasteiger partial charge >= 0.3 is 6.09 Å². The van der Waals surface area contributed by atoms with E-state index >= 15 is 0 Å². The minimum Gasteiger partial charge on any atom is -0.410 e. The van der Waals surface area contributed by atoms with Gasteiger partial charge in [-0.3, -0.25) is 4.90 Å². The van der Waals surface area contributed by atoms with Gasteiger partial charge in [0.25, 0.3) is 0 Å². The molecule has 1 amide bonds. The molecule has 27 heavy (non-hydrogen) atoms. The van der Waals surface area contributed by atoms with E-state index in [2.05, 4.69) is 6.07 Å². The Labute approximate surface area is 159 Å². The Morgan fingerprint density at radius 3 is 2.04 bits per heavy atom. The number of ether oxygens (including phenoxy) is 1. The molecule has 0 aliphatic carbocycles. The molecule has 0 bridgehead atoms. The molecule has 1 unspecified atom stereocenters. The van der Waals surface area contributed by atoms with E-state index in [9.17, 15) is 10.1 Å². The van der Waals surface area contributed by atoms with Crippen LogP contribution in [0.15, 0.2) is 91.0 Å². The van der Waals surface area contributed by atoms with Gasteiger partial charge in [-0.25, -0.2) is 4.79 Å². The lowest BCUT2D eigenvalue weighted by molar-refractivity contribution is 0.142. The fourth-order valence-electron chi connectivity index (χ4n) is 2.83. The third-order valence-electron chi connectivity index (χ3n) is 4.22. The summed E-state index contributed by atoms with van der Waals surface area (Å²) in [7, 11) is 0. The zero-order valence-corrected chi connectivity index (χ0v) is 14.9. The fraction of sp³-hybridized carbons (Fsp3) is 0.130. The highest BCUT2D eigenvalue weighted by molar-refractivity contribution is 5.72. The van der Waals surface area contributed by atoms with E-state index in [0.717, 1.165) is 11.1 Å². The van der Waals surface area contributed by atoms with E-state index in [4.69, 9.17) is 4.74 Å². The van der Waals surface area contributed by atoms with Crippen LogP contribution in [0.2, 0.25) is 0 Å². The van der Waals surface area contributed by atoms with E-state index < -0.39 is 12.1 Å². The number of nitriles is 1. The SMILES string of the molecule is N#CC(c1ccccc1)N(CCc1ccccc1)C(=O)Oc1ccccc1. The number of carbonyl (C=O) groups is 1. The van der Waals surface area contributed by atoms with Crippen LogP contribution in [-0.4, -0.2) is 17.5 Å². The molecule has 134 valence electrons. The first-order chi connectivity index (χ1) is 13.3. The van der Waals surface area contributed by atoms with Crippen LogP contribution in [0.4, 0.5) is 4.79 Å². The molecule has 0 saturated heterocycles. The van der Waals surface area contributed by atoms with E-state index in [0.29, 0.717) is 18.7 Å². The fourth-order valence-corrected chi connectivity index (χ4v) is 2.83. The van der Waals surface area contributed by atoms with Crippen LogP contribution in [0.25, 0.3) is 0 Å². The first-order valence-electron chi connectivity index (χ1n) is 8.80.